The van der Waals surface area contributed by atoms with Crippen molar-refractivity contribution in [2.24, 2.45) is 0 Å². The molecule has 1 heterocycles. The Kier molecular flexibility index (Phi) is 4.51. The molecule has 116 valence electrons. The third-order valence-electron chi connectivity index (χ3n) is 3.43. The van der Waals surface area contributed by atoms with Gasteiger partial charge < -0.3 is 10.3 Å². The Morgan fingerprint density at radius 1 is 1.23 bits per heavy atom. The Labute approximate surface area is 132 Å². The van der Waals surface area contributed by atoms with Gasteiger partial charge in [-0.05, 0) is 38.5 Å². The van der Waals surface area contributed by atoms with Crippen molar-refractivity contribution in [1.82, 2.24) is 4.98 Å². The molecule has 1 aromatic carbocycles. The molecule has 2 rings (SSSR count). The molecule has 2 N–H and O–H groups in total. The number of rotatable bonds is 4. The predicted octanol–water partition coefficient (Wildman–Crippen LogP) is 3.47. The maximum atomic E-state index is 12.0. The summed E-state index contributed by atoms with van der Waals surface area (Å²) in [5.41, 5.74) is 3.17. The SMILES string of the molecule is Cc1cc(C)c(CNc2cc(C)c([N+](=O)[O-])cc2Cl)c(=O)[nH]1. The zero-order valence-corrected chi connectivity index (χ0v) is 13.2. The van der Waals surface area contributed by atoms with Gasteiger partial charge in [0.2, 0.25) is 0 Å². The summed E-state index contributed by atoms with van der Waals surface area (Å²) in [6, 6.07) is 4.81. The van der Waals surface area contributed by atoms with Gasteiger partial charge in [-0.3, -0.25) is 14.9 Å². The molecule has 1 aromatic heterocycles. The Morgan fingerprint density at radius 3 is 2.50 bits per heavy atom. The highest BCUT2D eigenvalue weighted by atomic mass is 35.5. The molecule has 0 unspecified atom stereocenters. The number of hydrogen-bond acceptors (Lipinski definition) is 4. The van der Waals surface area contributed by atoms with E-state index in [1.807, 2.05) is 19.9 Å². The van der Waals surface area contributed by atoms with E-state index in [0.717, 1.165) is 11.3 Å². The van der Waals surface area contributed by atoms with E-state index in [2.05, 4.69) is 10.3 Å². The Balaban J connectivity index is 2.28. The van der Waals surface area contributed by atoms with Crippen molar-refractivity contribution in [3.8, 4) is 0 Å². The van der Waals surface area contributed by atoms with Gasteiger partial charge >= 0.3 is 0 Å². The summed E-state index contributed by atoms with van der Waals surface area (Å²) in [5.74, 6) is 0. The molecule has 0 aliphatic carbocycles. The minimum Gasteiger partial charge on any atom is -0.380 e. The van der Waals surface area contributed by atoms with Crippen molar-refractivity contribution >= 4 is 23.0 Å². The van der Waals surface area contributed by atoms with E-state index in [1.54, 1.807) is 13.0 Å². The Hall–Kier alpha value is -2.34. The van der Waals surface area contributed by atoms with Gasteiger partial charge in [-0.15, -0.1) is 0 Å². The van der Waals surface area contributed by atoms with Crippen molar-refractivity contribution in [2.45, 2.75) is 27.3 Å². The second-order valence-electron chi connectivity index (χ2n) is 5.17. The highest BCUT2D eigenvalue weighted by molar-refractivity contribution is 6.33. The van der Waals surface area contributed by atoms with Crippen LogP contribution in [0.1, 0.15) is 22.4 Å². The predicted molar refractivity (Wildman–Crippen MR) is 86.7 cm³/mol. The summed E-state index contributed by atoms with van der Waals surface area (Å²) < 4.78 is 0. The number of pyridine rings is 1. The smallest absolute Gasteiger partial charge is 0.273 e. The van der Waals surface area contributed by atoms with Crippen LogP contribution < -0.4 is 10.9 Å². The number of anilines is 1. The maximum Gasteiger partial charge on any atom is 0.273 e. The number of nitrogens with zero attached hydrogens (tertiary/aromatic N) is 1. The number of hydrogen-bond donors (Lipinski definition) is 2. The number of nitrogens with one attached hydrogen (secondary N) is 2. The molecular weight excluding hydrogens is 306 g/mol. The van der Waals surface area contributed by atoms with Crippen LogP contribution in [0.5, 0.6) is 0 Å². The third-order valence-corrected chi connectivity index (χ3v) is 3.74. The lowest BCUT2D eigenvalue weighted by Crippen LogP contribution is -2.18. The van der Waals surface area contributed by atoms with Crippen LogP contribution in [0, 0.1) is 30.9 Å². The molecule has 7 heteroatoms. The number of H-pyrrole nitrogens is 1. The fourth-order valence-electron chi connectivity index (χ4n) is 2.29. The molecule has 2 aromatic rings. The molecular formula is C15H16ClN3O3. The maximum absolute atomic E-state index is 12.0. The van der Waals surface area contributed by atoms with Crippen molar-refractivity contribution in [1.29, 1.82) is 0 Å². The van der Waals surface area contributed by atoms with Crippen molar-refractivity contribution < 1.29 is 4.92 Å². The van der Waals surface area contributed by atoms with Crippen LogP contribution in [0.15, 0.2) is 23.0 Å². The van der Waals surface area contributed by atoms with Gasteiger partial charge in [-0.1, -0.05) is 11.6 Å². The molecule has 0 radical (unpaired) electrons. The summed E-state index contributed by atoms with van der Waals surface area (Å²) in [5, 5.41) is 14.2. The third kappa shape index (κ3) is 3.28. The molecule has 0 bridgehead atoms. The van der Waals surface area contributed by atoms with Crippen molar-refractivity contribution in [3.63, 3.8) is 0 Å². The fourth-order valence-corrected chi connectivity index (χ4v) is 2.51. The molecule has 0 spiro atoms. The lowest BCUT2D eigenvalue weighted by molar-refractivity contribution is -0.385. The quantitative estimate of drug-likeness (QED) is 0.666. The van der Waals surface area contributed by atoms with Crippen molar-refractivity contribution in [2.75, 3.05) is 5.32 Å². The molecule has 0 amide bonds. The monoisotopic (exact) mass is 321 g/mol. The van der Waals surface area contributed by atoms with Crippen LogP contribution in [-0.2, 0) is 6.54 Å². The highest BCUT2D eigenvalue weighted by Crippen LogP contribution is 2.30. The minimum absolute atomic E-state index is 0.0279. The van der Waals surface area contributed by atoms with E-state index in [4.69, 9.17) is 11.6 Å². The molecule has 22 heavy (non-hydrogen) atoms. The van der Waals surface area contributed by atoms with Gasteiger partial charge in [0.1, 0.15) is 0 Å². The van der Waals surface area contributed by atoms with Crippen LogP contribution in [0.25, 0.3) is 0 Å². The summed E-state index contributed by atoms with van der Waals surface area (Å²) in [6.45, 7) is 5.62. The van der Waals surface area contributed by atoms with Crippen LogP contribution >= 0.6 is 11.6 Å². The Bertz CT molecular complexity index is 799. The zero-order valence-electron chi connectivity index (χ0n) is 12.5. The number of aromatic nitrogens is 1. The topological polar surface area (TPSA) is 88.0 Å². The van der Waals surface area contributed by atoms with Gasteiger partial charge in [0.25, 0.3) is 11.2 Å². The Morgan fingerprint density at radius 2 is 1.91 bits per heavy atom. The highest BCUT2D eigenvalue weighted by Gasteiger charge is 2.15. The second-order valence-corrected chi connectivity index (χ2v) is 5.58. The fraction of sp³-hybridized carbons (Fsp3) is 0.267. The summed E-state index contributed by atoms with van der Waals surface area (Å²) in [6.07, 6.45) is 0. The first-order valence-electron chi connectivity index (χ1n) is 6.67. The van der Waals surface area contributed by atoms with Crippen LogP contribution in [0.3, 0.4) is 0 Å². The van der Waals surface area contributed by atoms with Crippen LogP contribution in [0.4, 0.5) is 11.4 Å². The summed E-state index contributed by atoms with van der Waals surface area (Å²) in [4.78, 5) is 25.1. The first-order chi connectivity index (χ1) is 10.3. The number of nitro benzene ring substituents is 1. The van der Waals surface area contributed by atoms with E-state index in [0.29, 0.717) is 23.4 Å². The number of nitro groups is 1. The molecule has 0 saturated carbocycles. The normalized spacial score (nSPS) is 10.5. The van der Waals surface area contributed by atoms with Gasteiger partial charge in [0.15, 0.2) is 0 Å². The van der Waals surface area contributed by atoms with Gasteiger partial charge in [0.05, 0.1) is 15.6 Å². The van der Waals surface area contributed by atoms with E-state index >= 15 is 0 Å². The molecule has 6 nitrogen and oxygen atoms in total. The number of aromatic amines is 1. The molecule has 0 fully saturated rings. The van der Waals surface area contributed by atoms with Crippen LogP contribution in [-0.4, -0.2) is 9.91 Å². The molecule has 0 atom stereocenters. The van der Waals surface area contributed by atoms with Crippen LogP contribution in [0.2, 0.25) is 5.02 Å². The average Bonchev–Trinajstić information content (AvgIpc) is 2.40. The molecule has 0 aliphatic heterocycles. The lowest BCUT2D eigenvalue weighted by atomic mass is 10.1. The van der Waals surface area contributed by atoms with Gasteiger partial charge in [-0.25, -0.2) is 0 Å². The van der Waals surface area contributed by atoms with E-state index in [9.17, 15) is 14.9 Å². The first kappa shape index (κ1) is 16.0. The van der Waals surface area contributed by atoms with E-state index < -0.39 is 4.92 Å². The molecule has 0 saturated heterocycles. The van der Waals surface area contributed by atoms with Gasteiger partial charge in [-0.2, -0.15) is 0 Å². The number of aryl methyl sites for hydroxylation is 3. The van der Waals surface area contributed by atoms with E-state index in [1.165, 1.54) is 6.07 Å². The lowest BCUT2D eigenvalue weighted by Gasteiger charge is -2.11. The van der Waals surface area contributed by atoms with Gasteiger partial charge in [0, 0.05) is 29.4 Å². The standard InChI is InChI=1S/C15H16ClN3O3/c1-8-4-10(3)18-15(20)11(8)7-17-13-5-9(2)14(19(21)22)6-12(13)16/h4-6,17H,7H2,1-3H3,(H,18,20). The van der Waals surface area contributed by atoms with E-state index in [-0.39, 0.29) is 16.3 Å². The number of benzene rings is 1. The van der Waals surface area contributed by atoms with Crippen molar-refractivity contribution in [3.05, 3.63) is 66.1 Å². The number of halogens is 1. The zero-order chi connectivity index (χ0) is 16.4. The second kappa shape index (κ2) is 6.19. The minimum atomic E-state index is -0.472. The summed E-state index contributed by atoms with van der Waals surface area (Å²) in [7, 11) is 0. The summed E-state index contributed by atoms with van der Waals surface area (Å²) >= 11 is 6.06. The first-order valence-corrected chi connectivity index (χ1v) is 7.05. The largest absolute Gasteiger partial charge is 0.380 e. The molecule has 0 aliphatic rings. The average molecular weight is 322 g/mol.